The SMILES string of the molecule is CN1CCc2c(sc(NC(=O)c3ccc(S(=O)(=O)N4CCc5ccccc54)cc3)c2C(N)=O)C1.[Cl-]. The van der Waals surface area contributed by atoms with E-state index < -0.39 is 21.8 Å². The van der Waals surface area contributed by atoms with E-state index in [9.17, 15) is 18.0 Å². The van der Waals surface area contributed by atoms with Crippen molar-refractivity contribution in [2.45, 2.75) is 24.3 Å². The third-order valence-corrected chi connectivity index (χ3v) is 9.23. The summed E-state index contributed by atoms with van der Waals surface area (Å²) in [6, 6.07) is 13.3. The molecule has 2 aliphatic rings. The van der Waals surface area contributed by atoms with Crippen LogP contribution in [-0.2, 0) is 29.4 Å². The summed E-state index contributed by atoms with van der Waals surface area (Å²) in [6.45, 7) is 1.90. The monoisotopic (exact) mass is 531 g/mol. The third-order valence-electron chi connectivity index (χ3n) is 6.27. The second kappa shape index (κ2) is 9.62. The van der Waals surface area contributed by atoms with Crippen molar-refractivity contribution in [3.05, 3.63) is 75.7 Å². The lowest BCUT2D eigenvalue weighted by Crippen LogP contribution is -3.00. The third kappa shape index (κ3) is 4.54. The number of primary amides is 1. The number of thiophene rings is 1. The van der Waals surface area contributed by atoms with Crippen LogP contribution >= 0.6 is 11.3 Å². The Morgan fingerprint density at radius 2 is 1.74 bits per heavy atom. The Balaban J connectivity index is 0.00000289. The number of halogens is 1. The molecule has 0 fully saturated rings. The average Bonchev–Trinajstić information content (AvgIpc) is 3.40. The molecule has 0 saturated heterocycles. The number of hydrogen-bond donors (Lipinski definition) is 2. The summed E-state index contributed by atoms with van der Waals surface area (Å²) in [5, 5.41) is 3.24. The van der Waals surface area contributed by atoms with Gasteiger partial charge in [0.2, 0.25) is 0 Å². The number of sulfonamides is 1. The molecule has 0 bridgehead atoms. The fourth-order valence-electron chi connectivity index (χ4n) is 4.52. The van der Waals surface area contributed by atoms with Gasteiger partial charge in [0.05, 0.1) is 16.1 Å². The van der Waals surface area contributed by atoms with Crippen LogP contribution in [0.2, 0.25) is 0 Å². The highest BCUT2D eigenvalue weighted by atomic mass is 35.5. The van der Waals surface area contributed by atoms with Crippen molar-refractivity contribution in [3.63, 3.8) is 0 Å². The Kier molecular flexibility index (Phi) is 6.92. The summed E-state index contributed by atoms with van der Waals surface area (Å²) in [7, 11) is -1.74. The minimum absolute atomic E-state index is 0. The van der Waals surface area contributed by atoms with Crippen molar-refractivity contribution in [1.29, 1.82) is 0 Å². The molecule has 184 valence electrons. The first-order valence-electron chi connectivity index (χ1n) is 10.9. The van der Waals surface area contributed by atoms with Crippen LogP contribution in [-0.4, -0.2) is 45.3 Å². The van der Waals surface area contributed by atoms with Crippen molar-refractivity contribution in [2.75, 3.05) is 29.8 Å². The first-order valence-corrected chi connectivity index (χ1v) is 13.2. The molecule has 3 heterocycles. The van der Waals surface area contributed by atoms with E-state index in [0.717, 1.165) is 22.5 Å². The van der Waals surface area contributed by atoms with Crippen LogP contribution in [0, 0.1) is 0 Å². The number of anilines is 2. The number of nitrogens with one attached hydrogen (secondary N) is 1. The maximum absolute atomic E-state index is 13.2. The maximum atomic E-state index is 13.2. The number of para-hydroxylation sites is 1. The minimum atomic E-state index is -3.74. The molecule has 0 saturated carbocycles. The quantitative estimate of drug-likeness (QED) is 0.475. The van der Waals surface area contributed by atoms with Gasteiger partial charge < -0.3 is 28.4 Å². The number of nitrogens with two attached hydrogens (primary N) is 1. The predicted molar refractivity (Wildman–Crippen MR) is 132 cm³/mol. The molecule has 3 N–H and O–H groups in total. The van der Waals surface area contributed by atoms with Crippen LogP contribution in [0.4, 0.5) is 10.7 Å². The van der Waals surface area contributed by atoms with E-state index in [2.05, 4.69) is 10.2 Å². The summed E-state index contributed by atoms with van der Waals surface area (Å²) in [4.78, 5) is 28.3. The van der Waals surface area contributed by atoms with E-state index in [0.29, 0.717) is 47.7 Å². The molecule has 8 nitrogen and oxygen atoms in total. The number of benzene rings is 2. The van der Waals surface area contributed by atoms with Gasteiger partial charge in [-0.15, -0.1) is 11.3 Å². The summed E-state index contributed by atoms with van der Waals surface area (Å²) in [5.74, 6) is -0.991. The first-order chi connectivity index (χ1) is 16.3. The number of carbonyl (C=O) groups is 2. The van der Waals surface area contributed by atoms with E-state index in [4.69, 9.17) is 5.73 Å². The predicted octanol–water partition coefficient (Wildman–Crippen LogP) is -0.157. The van der Waals surface area contributed by atoms with Gasteiger partial charge in [-0.3, -0.25) is 13.9 Å². The van der Waals surface area contributed by atoms with Gasteiger partial charge in [0.25, 0.3) is 21.8 Å². The van der Waals surface area contributed by atoms with Gasteiger partial charge in [-0.1, -0.05) is 18.2 Å². The molecule has 35 heavy (non-hydrogen) atoms. The van der Waals surface area contributed by atoms with E-state index in [1.54, 1.807) is 6.07 Å². The fourth-order valence-corrected chi connectivity index (χ4v) is 7.35. The van der Waals surface area contributed by atoms with Crippen molar-refractivity contribution < 1.29 is 30.4 Å². The molecular formula is C24H24ClN4O4S2-. The highest BCUT2D eigenvalue weighted by Gasteiger charge is 2.31. The van der Waals surface area contributed by atoms with Gasteiger partial charge >= 0.3 is 0 Å². The number of rotatable bonds is 5. The molecular weight excluding hydrogens is 508 g/mol. The highest BCUT2D eigenvalue weighted by molar-refractivity contribution is 7.92. The van der Waals surface area contributed by atoms with Crippen LogP contribution in [0.5, 0.6) is 0 Å². The van der Waals surface area contributed by atoms with Gasteiger partial charge in [0.1, 0.15) is 5.00 Å². The number of amides is 2. The van der Waals surface area contributed by atoms with E-state index in [-0.39, 0.29) is 17.3 Å². The maximum Gasteiger partial charge on any atom is 0.264 e. The Morgan fingerprint density at radius 1 is 1.03 bits per heavy atom. The molecule has 1 aromatic heterocycles. The molecule has 0 radical (unpaired) electrons. The van der Waals surface area contributed by atoms with Gasteiger partial charge in [-0.25, -0.2) is 8.42 Å². The van der Waals surface area contributed by atoms with E-state index in [1.807, 2.05) is 25.2 Å². The van der Waals surface area contributed by atoms with Crippen LogP contribution in [0.3, 0.4) is 0 Å². The molecule has 0 unspecified atom stereocenters. The largest absolute Gasteiger partial charge is 1.00 e. The van der Waals surface area contributed by atoms with Gasteiger partial charge in [0.15, 0.2) is 0 Å². The molecule has 0 spiro atoms. The minimum Gasteiger partial charge on any atom is -1.00 e. The summed E-state index contributed by atoms with van der Waals surface area (Å²) < 4.78 is 27.8. The van der Waals surface area contributed by atoms with Crippen molar-refractivity contribution in [2.24, 2.45) is 5.73 Å². The topological polar surface area (TPSA) is 113 Å². The van der Waals surface area contributed by atoms with Crippen LogP contribution in [0.25, 0.3) is 0 Å². The molecule has 0 atom stereocenters. The van der Waals surface area contributed by atoms with Crippen LogP contribution < -0.4 is 27.8 Å². The fraction of sp³-hybridized carbons (Fsp3) is 0.250. The molecule has 2 aromatic carbocycles. The van der Waals surface area contributed by atoms with Crippen LogP contribution in [0.1, 0.15) is 36.7 Å². The molecule has 3 aromatic rings. The number of carbonyl (C=O) groups excluding carboxylic acids is 2. The lowest BCUT2D eigenvalue weighted by Gasteiger charge is -2.22. The van der Waals surface area contributed by atoms with Gasteiger partial charge in [-0.2, -0.15) is 0 Å². The Bertz CT molecular complexity index is 1400. The lowest BCUT2D eigenvalue weighted by atomic mass is 10.0. The number of fused-ring (bicyclic) bond motifs is 2. The summed E-state index contributed by atoms with van der Waals surface area (Å²) in [6.07, 6.45) is 1.36. The van der Waals surface area contributed by atoms with Gasteiger partial charge in [0, 0.05) is 30.1 Å². The zero-order chi connectivity index (χ0) is 24.0. The number of hydrogen-bond acceptors (Lipinski definition) is 6. The Hall–Kier alpha value is -2.92. The zero-order valence-electron chi connectivity index (χ0n) is 19.0. The van der Waals surface area contributed by atoms with Crippen LogP contribution in [0.15, 0.2) is 53.4 Å². The molecule has 2 aliphatic heterocycles. The Labute approximate surface area is 214 Å². The highest BCUT2D eigenvalue weighted by Crippen LogP contribution is 2.37. The van der Waals surface area contributed by atoms with Crippen molar-refractivity contribution in [1.82, 2.24) is 4.90 Å². The normalized spacial score (nSPS) is 15.2. The first kappa shape index (κ1) is 25.2. The molecule has 0 aliphatic carbocycles. The summed E-state index contributed by atoms with van der Waals surface area (Å²) >= 11 is 1.36. The second-order valence-electron chi connectivity index (χ2n) is 8.49. The second-order valence-corrected chi connectivity index (χ2v) is 11.5. The molecule has 5 rings (SSSR count). The zero-order valence-corrected chi connectivity index (χ0v) is 21.3. The standard InChI is InChI=1S/C24H24N4O4S2.ClH/c1-27-12-11-18-20(14-27)33-24(21(18)22(25)29)26-23(30)16-6-8-17(9-7-16)34(31,32)28-13-10-15-4-2-3-5-19(15)28;/h2-9H,10-14H2,1H3,(H2,25,29)(H,26,30);1H/p-1. The smallest absolute Gasteiger partial charge is 0.264 e. The van der Waals surface area contributed by atoms with Crippen molar-refractivity contribution in [3.8, 4) is 0 Å². The van der Waals surface area contributed by atoms with Crippen molar-refractivity contribution >= 4 is 43.9 Å². The average molecular weight is 532 g/mol. The number of nitrogens with zero attached hydrogens (tertiary/aromatic N) is 2. The number of likely N-dealkylation sites (N-methyl/N-ethyl adjacent to an activating group) is 1. The molecule has 2 amide bonds. The van der Waals surface area contributed by atoms with E-state index >= 15 is 0 Å². The van der Waals surface area contributed by atoms with Gasteiger partial charge in [-0.05, 0) is 61.3 Å². The summed E-state index contributed by atoms with van der Waals surface area (Å²) in [5.41, 5.74) is 8.87. The lowest BCUT2D eigenvalue weighted by molar-refractivity contribution is -0.0000248. The molecule has 11 heteroatoms. The Morgan fingerprint density at radius 3 is 2.46 bits per heavy atom. The van der Waals surface area contributed by atoms with E-state index in [1.165, 1.54) is 39.9 Å².